The van der Waals surface area contributed by atoms with Gasteiger partial charge in [0.25, 0.3) is 0 Å². The Morgan fingerprint density at radius 1 is 1.37 bits per heavy atom. The fraction of sp³-hybridized carbons (Fsp3) is 0.375. The topological polar surface area (TPSA) is 33.2 Å². The maximum absolute atomic E-state index is 11.4. The molecule has 0 aliphatic carbocycles. The molecule has 0 spiro atoms. The van der Waals surface area contributed by atoms with Crippen molar-refractivity contribution in [2.75, 3.05) is 13.1 Å². The van der Waals surface area contributed by atoms with Crippen LogP contribution >= 0.6 is 0 Å². The van der Waals surface area contributed by atoms with E-state index in [-0.39, 0.29) is 5.91 Å². The van der Waals surface area contributed by atoms with E-state index in [0.29, 0.717) is 5.92 Å². The molecule has 3 nitrogen and oxygen atoms in total. The number of hydrogen-bond acceptors (Lipinski definition) is 2. The van der Waals surface area contributed by atoms with E-state index in [9.17, 15) is 4.79 Å². The zero-order valence-corrected chi connectivity index (χ0v) is 11.2. The third kappa shape index (κ3) is 2.46. The van der Waals surface area contributed by atoms with Crippen LogP contribution in [0.15, 0.2) is 36.5 Å². The highest BCUT2D eigenvalue weighted by Crippen LogP contribution is 2.24. The van der Waals surface area contributed by atoms with Gasteiger partial charge < -0.3 is 4.90 Å². The zero-order chi connectivity index (χ0) is 13.2. The first-order valence-electron chi connectivity index (χ1n) is 6.82. The largest absolute Gasteiger partial charge is 0.343 e. The van der Waals surface area contributed by atoms with Gasteiger partial charge in [-0.2, -0.15) is 0 Å². The molecule has 1 aromatic carbocycles. The first-order valence-corrected chi connectivity index (χ1v) is 6.82. The van der Waals surface area contributed by atoms with Crippen LogP contribution in [-0.2, 0) is 11.2 Å². The molecule has 2 aromatic rings. The Balaban J connectivity index is 1.81. The van der Waals surface area contributed by atoms with Gasteiger partial charge in [-0.05, 0) is 36.5 Å². The van der Waals surface area contributed by atoms with Crippen molar-refractivity contribution >= 4 is 16.8 Å². The van der Waals surface area contributed by atoms with Gasteiger partial charge in [-0.25, -0.2) is 0 Å². The Hall–Kier alpha value is -1.90. The van der Waals surface area contributed by atoms with Crippen molar-refractivity contribution < 1.29 is 4.79 Å². The third-order valence-corrected chi connectivity index (χ3v) is 3.98. The summed E-state index contributed by atoms with van der Waals surface area (Å²) < 4.78 is 0. The van der Waals surface area contributed by atoms with Gasteiger partial charge in [0.2, 0.25) is 5.91 Å². The molecule has 2 heterocycles. The number of fused-ring (bicyclic) bond motifs is 1. The summed E-state index contributed by atoms with van der Waals surface area (Å²) in [5.41, 5.74) is 2.41. The molecule has 1 aromatic heterocycles. The molecule has 1 aliphatic heterocycles. The minimum atomic E-state index is 0.196. The van der Waals surface area contributed by atoms with Crippen LogP contribution in [0.5, 0.6) is 0 Å². The van der Waals surface area contributed by atoms with Gasteiger partial charge in [0, 0.05) is 31.6 Å². The Labute approximate surface area is 113 Å². The second-order valence-corrected chi connectivity index (χ2v) is 5.31. The van der Waals surface area contributed by atoms with Crippen molar-refractivity contribution in [3.63, 3.8) is 0 Å². The summed E-state index contributed by atoms with van der Waals surface area (Å²) >= 11 is 0. The number of carbonyl (C=O) groups excluding carboxylic acids is 1. The van der Waals surface area contributed by atoms with Crippen LogP contribution in [0.3, 0.4) is 0 Å². The van der Waals surface area contributed by atoms with Crippen LogP contribution < -0.4 is 0 Å². The number of pyridine rings is 1. The summed E-state index contributed by atoms with van der Waals surface area (Å²) in [6.07, 6.45) is 3.97. The van der Waals surface area contributed by atoms with Crippen molar-refractivity contribution in [1.82, 2.24) is 9.88 Å². The third-order valence-electron chi connectivity index (χ3n) is 3.98. The molecular formula is C16H18N2O. The fourth-order valence-electron chi connectivity index (χ4n) is 2.94. The second kappa shape index (κ2) is 5.00. The molecule has 0 radical (unpaired) electrons. The highest BCUT2D eigenvalue weighted by atomic mass is 16.2. The SMILES string of the molecule is CC(=O)N1CCC(Cc2cccc3ncccc23)C1. The first-order chi connectivity index (χ1) is 9.24. The quantitative estimate of drug-likeness (QED) is 0.825. The molecule has 1 atom stereocenters. The number of carbonyl (C=O) groups is 1. The number of aromatic nitrogens is 1. The van der Waals surface area contributed by atoms with Gasteiger partial charge in [0.1, 0.15) is 0 Å². The number of benzene rings is 1. The summed E-state index contributed by atoms with van der Waals surface area (Å²) in [6.45, 7) is 3.46. The average Bonchev–Trinajstić information content (AvgIpc) is 2.88. The number of amides is 1. The van der Waals surface area contributed by atoms with Crippen molar-refractivity contribution in [3.8, 4) is 0 Å². The van der Waals surface area contributed by atoms with E-state index in [1.165, 1.54) is 10.9 Å². The van der Waals surface area contributed by atoms with Gasteiger partial charge in [0.05, 0.1) is 5.52 Å². The molecule has 0 N–H and O–H groups in total. The van der Waals surface area contributed by atoms with Crippen LogP contribution in [0.25, 0.3) is 10.9 Å². The molecule has 19 heavy (non-hydrogen) atoms. The van der Waals surface area contributed by atoms with Gasteiger partial charge in [-0.1, -0.05) is 18.2 Å². The number of likely N-dealkylation sites (tertiary alicyclic amines) is 1. The van der Waals surface area contributed by atoms with Crippen LogP contribution in [0.4, 0.5) is 0 Å². The smallest absolute Gasteiger partial charge is 0.219 e. The average molecular weight is 254 g/mol. The van der Waals surface area contributed by atoms with Gasteiger partial charge in [0.15, 0.2) is 0 Å². The van der Waals surface area contributed by atoms with Crippen molar-refractivity contribution in [1.29, 1.82) is 0 Å². The Morgan fingerprint density at radius 2 is 2.26 bits per heavy atom. The minimum absolute atomic E-state index is 0.196. The lowest BCUT2D eigenvalue weighted by Crippen LogP contribution is -2.26. The zero-order valence-electron chi connectivity index (χ0n) is 11.2. The summed E-state index contributed by atoms with van der Waals surface area (Å²) in [6, 6.07) is 10.4. The van der Waals surface area contributed by atoms with E-state index in [2.05, 4.69) is 29.2 Å². The molecule has 1 amide bonds. The van der Waals surface area contributed by atoms with Crippen LogP contribution in [0.1, 0.15) is 18.9 Å². The van der Waals surface area contributed by atoms with Gasteiger partial charge in [-0.3, -0.25) is 9.78 Å². The summed E-state index contributed by atoms with van der Waals surface area (Å²) in [7, 11) is 0. The van der Waals surface area contributed by atoms with Gasteiger partial charge in [-0.15, -0.1) is 0 Å². The number of hydrogen-bond donors (Lipinski definition) is 0. The molecule has 3 rings (SSSR count). The highest BCUT2D eigenvalue weighted by molar-refractivity contribution is 5.82. The predicted molar refractivity (Wildman–Crippen MR) is 75.8 cm³/mol. The van der Waals surface area contributed by atoms with E-state index >= 15 is 0 Å². The molecule has 3 heteroatoms. The van der Waals surface area contributed by atoms with E-state index in [1.54, 1.807) is 6.92 Å². The summed E-state index contributed by atoms with van der Waals surface area (Å²) in [5.74, 6) is 0.775. The van der Waals surface area contributed by atoms with Crippen LogP contribution in [0.2, 0.25) is 0 Å². The molecule has 1 saturated heterocycles. The Kier molecular flexibility index (Phi) is 3.20. The highest BCUT2D eigenvalue weighted by Gasteiger charge is 2.24. The van der Waals surface area contributed by atoms with Crippen LogP contribution in [0, 0.1) is 5.92 Å². The summed E-state index contributed by atoms with van der Waals surface area (Å²) in [5, 5.41) is 1.24. The molecule has 98 valence electrons. The van der Waals surface area contributed by atoms with E-state index < -0.39 is 0 Å². The normalized spacial score (nSPS) is 19.0. The number of rotatable bonds is 2. The fourth-order valence-corrected chi connectivity index (χ4v) is 2.94. The minimum Gasteiger partial charge on any atom is -0.343 e. The van der Waals surface area contributed by atoms with E-state index in [0.717, 1.165) is 31.4 Å². The van der Waals surface area contributed by atoms with Crippen LogP contribution in [-0.4, -0.2) is 28.9 Å². The first kappa shape index (κ1) is 12.2. The molecule has 1 fully saturated rings. The number of nitrogens with zero attached hydrogens (tertiary/aromatic N) is 2. The van der Waals surface area contributed by atoms with E-state index in [1.807, 2.05) is 17.2 Å². The van der Waals surface area contributed by atoms with Crippen molar-refractivity contribution in [2.24, 2.45) is 5.92 Å². The molecule has 0 bridgehead atoms. The molecular weight excluding hydrogens is 236 g/mol. The second-order valence-electron chi connectivity index (χ2n) is 5.31. The van der Waals surface area contributed by atoms with Crippen molar-refractivity contribution in [3.05, 3.63) is 42.1 Å². The lowest BCUT2D eigenvalue weighted by Gasteiger charge is -2.14. The standard InChI is InChI=1S/C16H18N2O/c1-12(19)18-9-7-13(11-18)10-14-4-2-6-16-15(14)5-3-8-17-16/h2-6,8,13H,7,9-11H2,1H3. The van der Waals surface area contributed by atoms with E-state index in [4.69, 9.17) is 0 Å². The summed E-state index contributed by atoms with van der Waals surface area (Å²) in [4.78, 5) is 17.7. The Morgan fingerprint density at radius 3 is 3.05 bits per heavy atom. The lowest BCUT2D eigenvalue weighted by atomic mass is 9.96. The molecule has 1 unspecified atom stereocenters. The molecule has 0 saturated carbocycles. The monoisotopic (exact) mass is 254 g/mol. The maximum atomic E-state index is 11.4. The Bertz CT molecular complexity index is 603. The maximum Gasteiger partial charge on any atom is 0.219 e. The predicted octanol–water partition coefficient (Wildman–Crippen LogP) is 2.65. The van der Waals surface area contributed by atoms with Gasteiger partial charge >= 0.3 is 0 Å². The lowest BCUT2D eigenvalue weighted by molar-refractivity contribution is -0.127. The van der Waals surface area contributed by atoms with Crippen molar-refractivity contribution in [2.45, 2.75) is 19.8 Å². The molecule has 1 aliphatic rings.